The average Bonchev–Trinajstić information content (AvgIpc) is 2.69. The van der Waals surface area contributed by atoms with Crippen molar-refractivity contribution in [1.82, 2.24) is 15.1 Å². The molecule has 0 aliphatic carbocycles. The number of carbonyl (C=O) groups is 1. The van der Waals surface area contributed by atoms with Gasteiger partial charge in [0, 0.05) is 24.7 Å². The highest BCUT2D eigenvalue weighted by Crippen LogP contribution is 2.35. The molecule has 0 bridgehead atoms. The third kappa shape index (κ3) is 5.55. The minimum Gasteiger partial charge on any atom is -0.506 e. The smallest absolute Gasteiger partial charge is 0.410 e. The third-order valence-electron chi connectivity index (χ3n) is 4.82. The van der Waals surface area contributed by atoms with Crippen LogP contribution in [0, 0.1) is 5.41 Å². The summed E-state index contributed by atoms with van der Waals surface area (Å²) in [4.78, 5) is 14.0. The highest BCUT2D eigenvalue weighted by atomic mass is 35.5. The van der Waals surface area contributed by atoms with Gasteiger partial charge in [0.2, 0.25) is 0 Å². The van der Waals surface area contributed by atoms with Crippen LogP contribution in [0.1, 0.15) is 39.3 Å². The SMILES string of the molecule is CC(C)(C)OC(=O)N1CCC(Nc2cc(-c3cccc(Cl)c3O)nnc2C(=N)N)CC1. The van der Waals surface area contributed by atoms with Crippen molar-refractivity contribution in [2.75, 3.05) is 18.4 Å². The number of nitrogens with two attached hydrogens (primary N) is 1. The van der Waals surface area contributed by atoms with Crippen molar-refractivity contribution in [3.63, 3.8) is 0 Å². The van der Waals surface area contributed by atoms with Crippen LogP contribution in [0.3, 0.4) is 0 Å². The molecule has 1 amide bonds. The molecule has 0 radical (unpaired) electrons. The maximum atomic E-state index is 12.3. The number of amides is 1. The molecule has 0 spiro atoms. The van der Waals surface area contributed by atoms with E-state index in [4.69, 9.17) is 27.5 Å². The highest BCUT2D eigenvalue weighted by Gasteiger charge is 2.27. The number of benzene rings is 1. The Balaban J connectivity index is 1.76. The lowest BCUT2D eigenvalue weighted by molar-refractivity contribution is 0.0210. The van der Waals surface area contributed by atoms with Crippen LogP contribution in [0.15, 0.2) is 24.3 Å². The zero-order chi connectivity index (χ0) is 22.8. The van der Waals surface area contributed by atoms with Crippen LogP contribution in [0.5, 0.6) is 5.75 Å². The standard InChI is InChI=1S/C21H27ClN6O3/c1-21(2,3)31-20(30)28-9-7-12(8-10-28)25-16-11-15(26-27-17(16)19(23)24)13-5-4-6-14(22)18(13)29/h4-6,11-12,29H,7-10H2,1-3H3,(H3,23,24)(H,25,26). The van der Waals surface area contributed by atoms with Crippen LogP contribution in [0.25, 0.3) is 11.3 Å². The van der Waals surface area contributed by atoms with Crippen LogP contribution < -0.4 is 11.1 Å². The number of piperidine rings is 1. The third-order valence-corrected chi connectivity index (χ3v) is 5.12. The lowest BCUT2D eigenvalue weighted by atomic mass is 10.0. The lowest BCUT2D eigenvalue weighted by Crippen LogP contribution is -2.44. The van der Waals surface area contributed by atoms with E-state index < -0.39 is 5.60 Å². The molecule has 1 fully saturated rings. The van der Waals surface area contributed by atoms with E-state index in [-0.39, 0.29) is 34.4 Å². The van der Waals surface area contributed by atoms with E-state index in [0.717, 1.165) is 0 Å². The minimum absolute atomic E-state index is 0.0433. The van der Waals surface area contributed by atoms with Gasteiger partial charge >= 0.3 is 6.09 Å². The van der Waals surface area contributed by atoms with Crippen molar-refractivity contribution < 1.29 is 14.6 Å². The molecule has 2 heterocycles. The molecule has 1 aromatic carbocycles. The number of para-hydroxylation sites is 1. The number of ether oxygens (including phenoxy) is 1. The first-order valence-corrected chi connectivity index (χ1v) is 10.4. The predicted molar refractivity (Wildman–Crippen MR) is 120 cm³/mol. The number of phenols is 1. The van der Waals surface area contributed by atoms with Crippen molar-refractivity contribution in [2.45, 2.75) is 45.3 Å². The number of amidine groups is 1. The second kappa shape index (κ2) is 8.97. The Kier molecular flexibility index (Phi) is 6.54. The van der Waals surface area contributed by atoms with E-state index in [2.05, 4.69) is 15.5 Å². The number of rotatable bonds is 4. The molecule has 10 heteroatoms. The lowest BCUT2D eigenvalue weighted by Gasteiger charge is -2.34. The minimum atomic E-state index is -0.534. The number of carbonyl (C=O) groups excluding carboxylic acids is 1. The summed E-state index contributed by atoms with van der Waals surface area (Å²) in [7, 11) is 0. The normalized spacial score (nSPS) is 14.9. The fraction of sp³-hybridized carbons (Fsp3) is 0.429. The fourth-order valence-corrected chi connectivity index (χ4v) is 3.48. The van der Waals surface area contributed by atoms with Gasteiger partial charge in [0.1, 0.15) is 17.2 Å². The fourth-order valence-electron chi connectivity index (χ4n) is 3.31. The Morgan fingerprint density at radius 3 is 2.61 bits per heavy atom. The van der Waals surface area contributed by atoms with E-state index in [9.17, 15) is 9.90 Å². The van der Waals surface area contributed by atoms with Gasteiger partial charge in [-0.1, -0.05) is 17.7 Å². The molecule has 2 aromatic rings. The summed E-state index contributed by atoms with van der Waals surface area (Å²) in [6.45, 7) is 6.61. The second-order valence-corrected chi connectivity index (χ2v) is 8.83. The largest absolute Gasteiger partial charge is 0.506 e. The highest BCUT2D eigenvalue weighted by molar-refractivity contribution is 6.32. The van der Waals surface area contributed by atoms with Gasteiger partial charge in [-0.05, 0) is 51.8 Å². The number of aromatic hydroxyl groups is 1. The molecule has 1 aromatic heterocycles. The van der Waals surface area contributed by atoms with Gasteiger partial charge < -0.3 is 25.8 Å². The number of halogens is 1. The zero-order valence-corrected chi connectivity index (χ0v) is 18.5. The number of phenolic OH excluding ortho intramolecular Hbond substituents is 1. The van der Waals surface area contributed by atoms with Gasteiger partial charge in [-0.15, -0.1) is 10.2 Å². The molecular formula is C21H27ClN6O3. The molecular weight excluding hydrogens is 420 g/mol. The summed E-state index contributed by atoms with van der Waals surface area (Å²) in [5, 5.41) is 29.8. The summed E-state index contributed by atoms with van der Waals surface area (Å²) in [6, 6.07) is 6.70. The Hall–Kier alpha value is -3.07. The summed E-state index contributed by atoms with van der Waals surface area (Å²) in [5.74, 6) is -0.311. The number of anilines is 1. The monoisotopic (exact) mass is 446 g/mol. The van der Waals surface area contributed by atoms with Crippen LogP contribution in [-0.4, -0.2) is 56.9 Å². The molecule has 9 nitrogen and oxygen atoms in total. The number of hydrogen-bond donors (Lipinski definition) is 4. The Morgan fingerprint density at radius 2 is 2.00 bits per heavy atom. The van der Waals surface area contributed by atoms with Gasteiger partial charge in [-0.2, -0.15) is 0 Å². The van der Waals surface area contributed by atoms with E-state index in [1.54, 1.807) is 29.2 Å². The van der Waals surface area contributed by atoms with Gasteiger partial charge in [-0.25, -0.2) is 4.79 Å². The molecule has 0 atom stereocenters. The Labute approximate surface area is 186 Å². The quantitative estimate of drug-likeness (QED) is 0.415. The molecule has 1 aliphatic rings. The van der Waals surface area contributed by atoms with Crippen molar-refractivity contribution in [1.29, 1.82) is 5.41 Å². The van der Waals surface area contributed by atoms with E-state index in [0.29, 0.717) is 42.9 Å². The Bertz CT molecular complexity index is 984. The molecule has 5 N–H and O–H groups in total. The first kappa shape index (κ1) is 22.6. The molecule has 0 unspecified atom stereocenters. The van der Waals surface area contributed by atoms with E-state index >= 15 is 0 Å². The average molecular weight is 447 g/mol. The van der Waals surface area contributed by atoms with Gasteiger partial charge in [0.15, 0.2) is 5.69 Å². The molecule has 1 aliphatic heterocycles. The molecule has 31 heavy (non-hydrogen) atoms. The number of nitrogen functional groups attached to an aromatic ring is 1. The van der Waals surface area contributed by atoms with Crippen LogP contribution in [0.4, 0.5) is 10.5 Å². The van der Waals surface area contributed by atoms with Crippen molar-refractivity contribution >= 4 is 29.2 Å². The van der Waals surface area contributed by atoms with E-state index in [1.807, 2.05) is 20.8 Å². The zero-order valence-electron chi connectivity index (χ0n) is 17.8. The molecule has 166 valence electrons. The van der Waals surface area contributed by atoms with Gasteiger partial charge in [0.05, 0.1) is 16.4 Å². The number of nitrogens with one attached hydrogen (secondary N) is 2. The topological polar surface area (TPSA) is 137 Å². The molecule has 0 saturated carbocycles. The van der Waals surface area contributed by atoms with Crippen molar-refractivity contribution in [3.8, 4) is 17.0 Å². The van der Waals surface area contributed by atoms with Gasteiger partial charge in [-0.3, -0.25) is 5.41 Å². The summed E-state index contributed by atoms with van der Waals surface area (Å²) in [6.07, 6.45) is 1.06. The van der Waals surface area contributed by atoms with Crippen molar-refractivity contribution in [3.05, 3.63) is 35.0 Å². The summed E-state index contributed by atoms with van der Waals surface area (Å²) >= 11 is 6.01. The summed E-state index contributed by atoms with van der Waals surface area (Å²) in [5.41, 5.74) is 6.74. The van der Waals surface area contributed by atoms with Crippen LogP contribution in [0.2, 0.25) is 5.02 Å². The van der Waals surface area contributed by atoms with Crippen molar-refractivity contribution in [2.24, 2.45) is 5.73 Å². The van der Waals surface area contributed by atoms with Gasteiger partial charge in [0.25, 0.3) is 0 Å². The van der Waals surface area contributed by atoms with Crippen LogP contribution >= 0.6 is 11.6 Å². The predicted octanol–water partition coefficient (Wildman–Crippen LogP) is 3.60. The number of aromatic nitrogens is 2. The Morgan fingerprint density at radius 1 is 1.32 bits per heavy atom. The number of nitrogens with zero attached hydrogens (tertiary/aromatic N) is 3. The number of hydrogen-bond acceptors (Lipinski definition) is 7. The number of likely N-dealkylation sites (tertiary alicyclic amines) is 1. The second-order valence-electron chi connectivity index (χ2n) is 8.43. The molecule has 1 saturated heterocycles. The maximum absolute atomic E-state index is 12.3. The summed E-state index contributed by atoms with van der Waals surface area (Å²) < 4.78 is 5.44. The van der Waals surface area contributed by atoms with Crippen LogP contribution in [-0.2, 0) is 4.74 Å². The maximum Gasteiger partial charge on any atom is 0.410 e. The molecule has 3 rings (SSSR count). The first-order valence-electron chi connectivity index (χ1n) is 9.99. The first-order chi connectivity index (χ1) is 14.5. The van der Waals surface area contributed by atoms with E-state index in [1.165, 1.54) is 0 Å².